The maximum absolute atomic E-state index is 12.7. The average Bonchev–Trinajstić information content (AvgIpc) is 2.41. The zero-order valence-corrected chi connectivity index (χ0v) is 12.8. The van der Waals surface area contributed by atoms with Crippen molar-refractivity contribution in [3.05, 3.63) is 28.8 Å². The van der Waals surface area contributed by atoms with Crippen LogP contribution in [-0.2, 0) is 10.0 Å². The monoisotopic (exact) mass is 302 g/mol. The highest BCUT2D eigenvalue weighted by Crippen LogP contribution is 2.27. The lowest BCUT2D eigenvalue weighted by Gasteiger charge is -2.32. The van der Waals surface area contributed by atoms with Crippen LogP contribution >= 0.6 is 11.6 Å². The molecule has 0 saturated carbocycles. The second-order valence-corrected chi connectivity index (χ2v) is 7.17. The van der Waals surface area contributed by atoms with Crippen molar-refractivity contribution in [2.75, 3.05) is 20.1 Å². The normalized spacial score (nSPS) is 21.5. The summed E-state index contributed by atoms with van der Waals surface area (Å²) in [5.74, 6) is 0. The van der Waals surface area contributed by atoms with Crippen LogP contribution < -0.4 is 5.32 Å². The topological polar surface area (TPSA) is 49.4 Å². The molecule has 1 aromatic rings. The van der Waals surface area contributed by atoms with Gasteiger partial charge in [0.25, 0.3) is 0 Å². The molecule has 1 aliphatic rings. The van der Waals surface area contributed by atoms with E-state index < -0.39 is 10.0 Å². The number of halogens is 1. The minimum Gasteiger partial charge on any atom is -0.316 e. The molecular formula is C13H19ClN2O2S. The van der Waals surface area contributed by atoms with Crippen LogP contribution in [0.5, 0.6) is 0 Å². The van der Waals surface area contributed by atoms with Gasteiger partial charge in [0.2, 0.25) is 10.0 Å². The Morgan fingerprint density at radius 3 is 2.84 bits per heavy atom. The zero-order chi connectivity index (χ0) is 14.0. The number of nitrogens with zero attached hydrogens (tertiary/aromatic N) is 1. The maximum Gasteiger partial charge on any atom is 0.243 e. The van der Waals surface area contributed by atoms with E-state index in [1.54, 1.807) is 29.4 Å². The molecule has 1 unspecified atom stereocenters. The van der Waals surface area contributed by atoms with Crippen molar-refractivity contribution in [1.29, 1.82) is 0 Å². The molecule has 0 amide bonds. The molecule has 2 rings (SSSR count). The Balaban J connectivity index is 2.34. The van der Waals surface area contributed by atoms with Gasteiger partial charge in [-0.2, -0.15) is 4.31 Å². The molecule has 1 fully saturated rings. The molecule has 19 heavy (non-hydrogen) atoms. The summed E-state index contributed by atoms with van der Waals surface area (Å²) in [5.41, 5.74) is 0.621. The minimum absolute atomic E-state index is 0.225. The molecule has 106 valence electrons. The molecule has 1 heterocycles. The van der Waals surface area contributed by atoms with Gasteiger partial charge in [0.15, 0.2) is 0 Å². The predicted octanol–water partition coefficient (Wildman–Crippen LogP) is 2.02. The molecule has 1 aromatic carbocycles. The van der Waals surface area contributed by atoms with Gasteiger partial charge in [-0.25, -0.2) is 8.42 Å². The molecule has 1 aliphatic heterocycles. The van der Waals surface area contributed by atoms with Crippen molar-refractivity contribution in [1.82, 2.24) is 9.62 Å². The number of nitrogens with one attached hydrogen (secondary N) is 1. The first-order valence-electron chi connectivity index (χ1n) is 6.39. The summed E-state index contributed by atoms with van der Waals surface area (Å²) in [6.07, 6.45) is 1.89. The van der Waals surface area contributed by atoms with Crippen molar-refractivity contribution in [3.63, 3.8) is 0 Å². The maximum atomic E-state index is 12.7. The van der Waals surface area contributed by atoms with Crippen LogP contribution in [0.15, 0.2) is 23.1 Å². The molecule has 0 aliphatic carbocycles. The summed E-state index contributed by atoms with van der Waals surface area (Å²) < 4.78 is 26.9. The van der Waals surface area contributed by atoms with Crippen LogP contribution in [0.25, 0.3) is 0 Å². The van der Waals surface area contributed by atoms with E-state index in [0.717, 1.165) is 12.8 Å². The van der Waals surface area contributed by atoms with E-state index in [2.05, 4.69) is 5.32 Å². The quantitative estimate of drug-likeness (QED) is 0.929. The summed E-state index contributed by atoms with van der Waals surface area (Å²) in [6.45, 7) is 2.84. The Morgan fingerprint density at radius 2 is 2.16 bits per heavy atom. The van der Waals surface area contributed by atoms with E-state index in [0.29, 0.717) is 28.6 Å². The zero-order valence-electron chi connectivity index (χ0n) is 11.2. The largest absolute Gasteiger partial charge is 0.316 e. The number of hydrogen-bond donors (Lipinski definition) is 1. The fraction of sp³-hybridized carbons (Fsp3) is 0.538. The third-order valence-corrected chi connectivity index (χ3v) is 6.05. The fourth-order valence-electron chi connectivity index (χ4n) is 2.40. The van der Waals surface area contributed by atoms with Crippen LogP contribution in [0, 0.1) is 6.92 Å². The first kappa shape index (κ1) is 14.8. The highest BCUT2D eigenvalue weighted by Gasteiger charge is 2.30. The Kier molecular flexibility index (Phi) is 4.50. The molecule has 0 radical (unpaired) electrons. The van der Waals surface area contributed by atoms with E-state index in [-0.39, 0.29) is 6.04 Å². The number of benzene rings is 1. The minimum atomic E-state index is -3.45. The summed E-state index contributed by atoms with van der Waals surface area (Å²) in [4.78, 5) is 0.316. The van der Waals surface area contributed by atoms with Gasteiger partial charge in [0, 0.05) is 24.2 Å². The molecule has 6 heteroatoms. The van der Waals surface area contributed by atoms with Crippen LogP contribution in [-0.4, -0.2) is 38.9 Å². The Bertz CT molecular complexity index is 560. The summed E-state index contributed by atoms with van der Waals surface area (Å²) in [5, 5.41) is 3.64. The van der Waals surface area contributed by atoms with Gasteiger partial charge in [0.1, 0.15) is 0 Å². The van der Waals surface area contributed by atoms with Crippen molar-refractivity contribution in [2.24, 2.45) is 0 Å². The fourth-order valence-corrected chi connectivity index (χ4v) is 4.40. The lowest BCUT2D eigenvalue weighted by molar-refractivity contribution is 0.292. The summed E-state index contributed by atoms with van der Waals surface area (Å²) >= 11 is 6.02. The number of piperidine rings is 1. The second kappa shape index (κ2) is 5.79. The van der Waals surface area contributed by atoms with Crippen LogP contribution in [0.4, 0.5) is 0 Å². The van der Waals surface area contributed by atoms with E-state index in [4.69, 9.17) is 11.6 Å². The number of rotatable bonds is 3. The van der Waals surface area contributed by atoms with Crippen LogP contribution in [0.1, 0.15) is 18.4 Å². The first-order chi connectivity index (χ1) is 8.96. The lowest BCUT2D eigenvalue weighted by Crippen LogP contribution is -2.46. The Labute approximate surface area is 119 Å². The third-order valence-electron chi connectivity index (χ3n) is 3.63. The van der Waals surface area contributed by atoms with E-state index in [9.17, 15) is 8.42 Å². The molecule has 0 spiro atoms. The molecule has 1 N–H and O–H groups in total. The predicted molar refractivity (Wildman–Crippen MR) is 77.0 cm³/mol. The van der Waals surface area contributed by atoms with Gasteiger partial charge < -0.3 is 5.32 Å². The smallest absolute Gasteiger partial charge is 0.243 e. The first-order valence-corrected chi connectivity index (χ1v) is 8.21. The van der Waals surface area contributed by atoms with E-state index in [1.165, 1.54) is 0 Å². The number of sulfonamides is 1. The Hall–Kier alpha value is -0.620. The number of hydrogen-bond acceptors (Lipinski definition) is 3. The number of likely N-dealkylation sites (N-methyl/N-ethyl adjacent to an activating group) is 1. The van der Waals surface area contributed by atoms with Gasteiger partial charge in [-0.1, -0.05) is 17.7 Å². The van der Waals surface area contributed by atoms with Crippen molar-refractivity contribution >= 4 is 21.6 Å². The molecule has 0 bridgehead atoms. The van der Waals surface area contributed by atoms with Crippen molar-refractivity contribution < 1.29 is 8.42 Å². The highest BCUT2D eigenvalue weighted by molar-refractivity contribution is 7.89. The van der Waals surface area contributed by atoms with Gasteiger partial charge in [-0.3, -0.25) is 0 Å². The molecule has 1 saturated heterocycles. The van der Waals surface area contributed by atoms with E-state index >= 15 is 0 Å². The average molecular weight is 303 g/mol. The summed E-state index contributed by atoms with van der Waals surface area (Å²) in [7, 11) is -1.58. The lowest BCUT2D eigenvalue weighted by atomic mass is 10.1. The SMILES string of the molecule is CNC1CCCN(S(=O)(=O)c2cccc(Cl)c2C)C1. The van der Waals surface area contributed by atoms with Crippen LogP contribution in [0.3, 0.4) is 0 Å². The van der Waals surface area contributed by atoms with Crippen molar-refractivity contribution in [3.8, 4) is 0 Å². The van der Waals surface area contributed by atoms with Gasteiger partial charge in [-0.05, 0) is 44.5 Å². The summed E-state index contributed by atoms with van der Waals surface area (Å²) in [6, 6.07) is 5.24. The Morgan fingerprint density at radius 1 is 1.42 bits per heavy atom. The third kappa shape index (κ3) is 2.94. The molecular weight excluding hydrogens is 284 g/mol. The second-order valence-electron chi connectivity index (χ2n) is 4.85. The van der Waals surface area contributed by atoms with Gasteiger partial charge in [-0.15, -0.1) is 0 Å². The van der Waals surface area contributed by atoms with Crippen molar-refractivity contribution in [2.45, 2.75) is 30.7 Å². The molecule has 4 nitrogen and oxygen atoms in total. The molecule has 1 atom stereocenters. The van der Waals surface area contributed by atoms with Crippen LogP contribution in [0.2, 0.25) is 5.02 Å². The van der Waals surface area contributed by atoms with E-state index in [1.807, 2.05) is 7.05 Å². The van der Waals surface area contributed by atoms with Gasteiger partial charge in [0.05, 0.1) is 4.90 Å². The standard InChI is InChI=1S/C13H19ClN2O2S/c1-10-12(14)6-3-7-13(10)19(17,18)16-8-4-5-11(9-16)15-2/h3,6-7,11,15H,4-5,8-9H2,1-2H3. The highest BCUT2D eigenvalue weighted by atomic mass is 35.5. The van der Waals surface area contributed by atoms with Gasteiger partial charge >= 0.3 is 0 Å². The molecule has 0 aromatic heterocycles.